The van der Waals surface area contributed by atoms with Crippen LogP contribution >= 0.6 is 0 Å². The molecule has 0 aliphatic carbocycles. The van der Waals surface area contributed by atoms with Crippen LogP contribution in [0.15, 0.2) is 88.3 Å². The molecule has 32 heavy (non-hydrogen) atoms. The average molecular weight is 432 g/mol. The van der Waals surface area contributed by atoms with Gasteiger partial charge in [-0.05, 0) is 36.4 Å². The Bertz CT molecular complexity index is 1570. The van der Waals surface area contributed by atoms with Crippen LogP contribution in [0.25, 0.3) is 43.9 Å². The van der Waals surface area contributed by atoms with Gasteiger partial charge in [0.25, 0.3) is 0 Å². The number of benzene rings is 2. The van der Waals surface area contributed by atoms with Crippen molar-refractivity contribution >= 4 is 43.9 Å². The van der Waals surface area contributed by atoms with E-state index >= 15 is 0 Å². The van der Waals surface area contributed by atoms with Crippen LogP contribution < -0.4 is 20.7 Å². The first-order valence-electron chi connectivity index (χ1n) is 9.55. The number of furan rings is 2. The van der Waals surface area contributed by atoms with Gasteiger partial charge in [0.05, 0.1) is 26.7 Å². The van der Waals surface area contributed by atoms with Crippen LogP contribution in [0.3, 0.4) is 0 Å². The van der Waals surface area contributed by atoms with Crippen molar-refractivity contribution in [2.24, 2.45) is 0 Å². The third-order valence-electron chi connectivity index (χ3n) is 4.97. The van der Waals surface area contributed by atoms with E-state index in [2.05, 4.69) is 0 Å². The Kier molecular flexibility index (Phi) is 4.67. The van der Waals surface area contributed by atoms with Gasteiger partial charge in [-0.2, -0.15) is 0 Å². The van der Waals surface area contributed by atoms with Gasteiger partial charge < -0.3 is 27.1 Å². The van der Waals surface area contributed by atoms with Crippen molar-refractivity contribution in [2.45, 2.75) is 0 Å². The minimum Gasteiger partial charge on any atom is -0.490 e. The maximum absolute atomic E-state index is 11.2. The quantitative estimate of drug-likeness (QED) is 0.348. The summed E-state index contributed by atoms with van der Waals surface area (Å²) in [5.74, 6) is 0.908. The van der Waals surface area contributed by atoms with Crippen molar-refractivity contribution in [3.05, 3.63) is 81.9 Å². The van der Waals surface area contributed by atoms with Crippen LogP contribution in [0.2, 0.25) is 0 Å². The molecule has 0 aliphatic heterocycles. The number of hydrogen-bond donors (Lipinski definition) is 0. The zero-order valence-electron chi connectivity index (χ0n) is 17.0. The molecule has 0 N–H and O–H groups in total. The van der Waals surface area contributed by atoms with Crippen molar-refractivity contribution in [1.29, 1.82) is 0 Å². The largest absolute Gasteiger partial charge is 0.490 e. The van der Waals surface area contributed by atoms with Crippen molar-refractivity contribution in [3.8, 4) is 11.5 Å². The van der Waals surface area contributed by atoms with E-state index in [0.29, 0.717) is 33.8 Å². The van der Waals surface area contributed by atoms with E-state index in [1.54, 1.807) is 24.7 Å². The fourth-order valence-corrected chi connectivity index (χ4v) is 3.58. The molecular formula is C24H16O8. The molecule has 0 atom stereocenters. The van der Waals surface area contributed by atoms with Crippen molar-refractivity contribution in [1.82, 2.24) is 0 Å². The molecule has 0 fully saturated rings. The molecule has 8 nitrogen and oxygen atoms in total. The first-order valence-corrected chi connectivity index (χ1v) is 9.55. The van der Waals surface area contributed by atoms with E-state index < -0.39 is 11.3 Å². The second kappa shape index (κ2) is 7.66. The Morgan fingerprint density at radius 1 is 0.562 bits per heavy atom. The summed E-state index contributed by atoms with van der Waals surface area (Å²) in [7, 11) is 3.04. The zero-order valence-corrected chi connectivity index (χ0v) is 17.0. The average Bonchev–Trinajstić information content (AvgIpc) is 3.45. The molecule has 0 amide bonds. The van der Waals surface area contributed by atoms with E-state index in [9.17, 15) is 9.59 Å². The van der Waals surface area contributed by atoms with Gasteiger partial charge in [0, 0.05) is 33.7 Å². The van der Waals surface area contributed by atoms with E-state index in [0.717, 1.165) is 21.5 Å². The predicted molar refractivity (Wildman–Crippen MR) is 118 cm³/mol. The summed E-state index contributed by atoms with van der Waals surface area (Å²) >= 11 is 0. The first-order chi connectivity index (χ1) is 15.6. The Labute approximate surface area is 179 Å². The normalized spacial score (nSPS) is 11.1. The van der Waals surface area contributed by atoms with Gasteiger partial charge in [-0.1, -0.05) is 0 Å². The fourth-order valence-electron chi connectivity index (χ4n) is 3.58. The monoisotopic (exact) mass is 432 g/mol. The third-order valence-corrected chi connectivity index (χ3v) is 4.97. The van der Waals surface area contributed by atoms with Crippen molar-refractivity contribution in [3.63, 3.8) is 0 Å². The molecule has 0 radical (unpaired) electrons. The third kappa shape index (κ3) is 3.18. The Morgan fingerprint density at radius 2 is 0.969 bits per heavy atom. The van der Waals surface area contributed by atoms with Crippen LogP contribution in [-0.4, -0.2) is 14.2 Å². The lowest BCUT2D eigenvalue weighted by molar-refractivity contribution is 0.403. The lowest BCUT2D eigenvalue weighted by Crippen LogP contribution is -1.96. The van der Waals surface area contributed by atoms with Crippen molar-refractivity contribution in [2.75, 3.05) is 14.2 Å². The molecule has 0 saturated heterocycles. The highest BCUT2D eigenvalue weighted by Crippen LogP contribution is 2.35. The summed E-state index contributed by atoms with van der Waals surface area (Å²) < 4.78 is 31.3. The highest BCUT2D eigenvalue weighted by atomic mass is 16.5. The summed E-state index contributed by atoms with van der Waals surface area (Å²) in [5.41, 5.74) is 1.19. The maximum atomic E-state index is 11.2. The molecule has 8 heteroatoms. The molecule has 0 spiro atoms. The standard InChI is InChI=1S/2C12H8O4/c2*1-14-12-10-8(4-5-15-10)6-7-2-3-9(13)16-11(7)12/h2*2-6H,1H3. The van der Waals surface area contributed by atoms with Crippen LogP contribution in [0.4, 0.5) is 0 Å². The molecule has 6 aromatic rings. The van der Waals surface area contributed by atoms with Crippen LogP contribution in [0.1, 0.15) is 0 Å². The molecular weight excluding hydrogens is 416 g/mol. The second-order valence-electron chi connectivity index (χ2n) is 6.84. The Hall–Kier alpha value is -4.46. The van der Waals surface area contributed by atoms with E-state index in [1.807, 2.05) is 24.3 Å². The van der Waals surface area contributed by atoms with Gasteiger partial charge in [0.2, 0.25) is 11.5 Å². The van der Waals surface area contributed by atoms with Crippen LogP contribution in [-0.2, 0) is 0 Å². The molecule has 0 saturated carbocycles. The highest BCUT2D eigenvalue weighted by molar-refractivity contribution is 6.00. The maximum Gasteiger partial charge on any atom is 0.336 e. The van der Waals surface area contributed by atoms with Gasteiger partial charge in [-0.15, -0.1) is 0 Å². The Morgan fingerprint density at radius 3 is 1.38 bits per heavy atom. The predicted octanol–water partition coefficient (Wildman–Crippen LogP) is 5.10. The number of methoxy groups -OCH3 is 2. The molecule has 4 aromatic heterocycles. The summed E-state index contributed by atoms with van der Waals surface area (Å²) in [6.45, 7) is 0. The number of fused-ring (bicyclic) bond motifs is 4. The Balaban J connectivity index is 0.000000135. The molecule has 0 aliphatic rings. The summed E-state index contributed by atoms with van der Waals surface area (Å²) in [4.78, 5) is 22.3. The number of hydrogen-bond acceptors (Lipinski definition) is 8. The van der Waals surface area contributed by atoms with E-state index in [4.69, 9.17) is 27.1 Å². The van der Waals surface area contributed by atoms with Gasteiger partial charge in [0.15, 0.2) is 22.3 Å². The van der Waals surface area contributed by atoms with E-state index in [1.165, 1.54) is 26.4 Å². The molecule has 0 bridgehead atoms. The summed E-state index contributed by atoms with van der Waals surface area (Å²) in [6.07, 6.45) is 3.15. The van der Waals surface area contributed by atoms with Crippen LogP contribution in [0.5, 0.6) is 11.5 Å². The lowest BCUT2D eigenvalue weighted by atomic mass is 10.1. The minimum absolute atomic E-state index is 0.406. The summed E-state index contributed by atoms with van der Waals surface area (Å²) in [5, 5.41) is 3.45. The topological polar surface area (TPSA) is 105 Å². The number of rotatable bonds is 2. The van der Waals surface area contributed by atoms with Gasteiger partial charge >= 0.3 is 11.3 Å². The first kappa shape index (κ1) is 19.5. The minimum atomic E-state index is -0.406. The second-order valence-corrected chi connectivity index (χ2v) is 6.84. The molecule has 160 valence electrons. The van der Waals surface area contributed by atoms with Gasteiger partial charge in [-0.25, -0.2) is 9.59 Å². The van der Waals surface area contributed by atoms with E-state index in [-0.39, 0.29) is 0 Å². The SMILES string of the molecule is COc1c2occc2cc2ccc(=O)oc12.COc1c2occc2cc2ccc(=O)oc12. The molecule has 0 unspecified atom stereocenters. The molecule has 4 heterocycles. The van der Waals surface area contributed by atoms with Crippen molar-refractivity contribution < 1.29 is 27.1 Å². The molecule has 6 rings (SSSR count). The van der Waals surface area contributed by atoms with Crippen LogP contribution in [0, 0.1) is 0 Å². The van der Waals surface area contributed by atoms with Gasteiger partial charge in [-0.3, -0.25) is 0 Å². The summed E-state index contributed by atoms with van der Waals surface area (Å²) in [6, 6.07) is 13.6. The smallest absolute Gasteiger partial charge is 0.336 e. The highest BCUT2D eigenvalue weighted by Gasteiger charge is 2.14. The van der Waals surface area contributed by atoms with Gasteiger partial charge in [0.1, 0.15) is 0 Å². The lowest BCUT2D eigenvalue weighted by Gasteiger charge is -2.03. The zero-order chi connectivity index (χ0) is 22.2. The molecule has 2 aromatic carbocycles. The number of ether oxygens (including phenoxy) is 2. The fraction of sp³-hybridized carbons (Fsp3) is 0.0833.